The van der Waals surface area contributed by atoms with Gasteiger partial charge in [0, 0.05) is 56.8 Å². The van der Waals surface area contributed by atoms with E-state index in [0.717, 1.165) is 57.8 Å². The number of benzene rings is 4. The number of fused-ring (bicyclic) bond motifs is 4. The molecule has 338 valence electrons. The minimum absolute atomic E-state index is 0.150. The predicted octanol–water partition coefficient (Wildman–Crippen LogP) is 15.3. The van der Waals surface area contributed by atoms with E-state index in [0.29, 0.717) is 5.92 Å². The molecule has 0 spiro atoms. The SMILES string of the molecule is CC1(C)c2cc(N3C4=C(C=CCC4)C(c4ccccc4)(c4ccccc4)C4=CCCCC43)ccc2NC2C=CC(N3C4=CC=CCC4C(C4=CC=CCC4)(c4ccccc4)C4=C3C=CCC4)=CC21. The Morgan fingerprint density at radius 3 is 2.16 bits per heavy atom. The van der Waals surface area contributed by atoms with Gasteiger partial charge in [-0.05, 0) is 140 Å². The Hall–Kier alpha value is -6.58. The van der Waals surface area contributed by atoms with Crippen LogP contribution in [-0.4, -0.2) is 17.0 Å². The Bertz CT molecular complexity index is 2990. The molecule has 1 N–H and O–H groups in total. The van der Waals surface area contributed by atoms with Crippen LogP contribution < -0.4 is 10.2 Å². The molecule has 0 saturated heterocycles. The lowest BCUT2D eigenvalue weighted by atomic mass is 9.54. The third kappa shape index (κ3) is 6.03. The van der Waals surface area contributed by atoms with Gasteiger partial charge in [0.15, 0.2) is 0 Å². The fourth-order valence-electron chi connectivity index (χ4n) is 14.7. The topological polar surface area (TPSA) is 18.5 Å². The maximum absolute atomic E-state index is 4.10. The van der Waals surface area contributed by atoms with Crippen LogP contribution in [0.3, 0.4) is 0 Å². The zero-order valence-electron chi connectivity index (χ0n) is 39.8. The van der Waals surface area contributed by atoms with E-state index in [4.69, 9.17) is 0 Å². The molecule has 0 fully saturated rings. The van der Waals surface area contributed by atoms with Gasteiger partial charge in [-0.1, -0.05) is 177 Å². The molecule has 0 amide bonds. The van der Waals surface area contributed by atoms with Gasteiger partial charge in [-0.25, -0.2) is 0 Å². The van der Waals surface area contributed by atoms with Gasteiger partial charge in [0.25, 0.3) is 0 Å². The molecule has 9 aliphatic rings. The molecule has 4 aromatic carbocycles. The molecular formula is C65H63N3. The maximum atomic E-state index is 4.10. The van der Waals surface area contributed by atoms with Crippen LogP contribution in [0.15, 0.2) is 239 Å². The van der Waals surface area contributed by atoms with E-state index in [-0.39, 0.29) is 34.2 Å². The molecule has 4 aromatic rings. The summed E-state index contributed by atoms with van der Waals surface area (Å²) in [6.45, 7) is 5.04. The van der Waals surface area contributed by atoms with Crippen molar-refractivity contribution in [1.29, 1.82) is 0 Å². The molecule has 0 bridgehead atoms. The molecule has 3 aliphatic heterocycles. The molecule has 3 heteroatoms. The van der Waals surface area contributed by atoms with Crippen molar-refractivity contribution in [3.8, 4) is 0 Å². The first-order valence-corrected chi connectivity index (χ1v) is 25.8. The van der Waals surface area contributed by atoms with Crippen LogP contribution in [0, 0.1) is 11.8 Å². The van der Waals surface area contributed by atoms with Crippen molar-refractivity contribution >= 4 is 11.4 Å². The highest BCUT2D eigenvalue weighted by atomic mass is 15.2. The van der Waals surface area contributed by atoms with Crippen LogP contribution in [0.4, 0.5) is 11.4 Å². The fourth-order valence-corrected chi connectivity index (χ4v) is 14.7. The first-order valence-electron chi connectivity index (χ1n) is 25.8. The first-order chi connectivity index (χ1) is 33.5. The standard InChI is InChI=1S/C65H63N3/c1-63(2)55-43-49(67-59-35-19-15-31-51(59)64(45-23-7-3-8-24-45,46-25-9-4-10-26-46)52-32-16-20-36-60(52)67)39-41-57(55)66-58-42-40-50(44-56(58)63)68-61-37-21-17-33-53(61)65(47-27-11-5-12-28-47,48-29-13-6-14-30-48)54-34-18-22-38-62(54)68/h3-13,15,17,21-29,31-32,37-44,53,56,58,60,66H,14,16,18-20,30,33-36H2,1-2H3. The van der Waals surface area contributed by atoms with Crippen LogP contribution in [0.2, 0.25) is 0 Å². The Kier molecular flexibility index (Phi) is 9.97. The number of anilines is 2. The van der Waals surface area contributed by atoms with Crippen LogP contribution in [0.25, 0.3) is 0 Å². The van der Waals surface area contributed by atoms with E-state index in [1.165, 1.54) is 74.0 Å². The molecule has 0 aromatic heterocycles. The number of allylic oxidation sites excluding steroid dienone is 17. The number of nitrogens with zero attached hydrogens (tertiary/aromatic N) is 2. The zero-order valence-corrected chi connectivity index (χ0v) is 39.8. The van der Waals surface area contributed by atoms with Crippen molar-refractivity contribution in [2.75, 3.05) is 10.2 Å². The van der Waals surface area contributed by atoms with Crippen molar-refractivity contribution in [1.82, 2.24) is 4.90 Å². The molecule has 3 heterocycles. The Morgan fingerprint density at radius 2 is 1.40 bits per heavy atom. The largest absolute Gasteiger partial charge is 0.378 e. The van der Waals surface area contributed by atoms with E-state index in [9.17, 15) is 0 Å². The molecule has 13 rings (SSSR count). The van der Waals surface area contributed by atoms with E-state index in [1.807, 2.05) is 0 Å². The van der Waals surface area contributed by atoms with Crippen LogP contribution in [0.1, 0.15) is 100 Å². The fraction of sp³-hybridized carbons (Fsp3) is 0.292. The predicted molar refractivity (Wildman–Crippen MR) is 282 cm³/mol. The van der Waals surface area contributed by atoms with Crippen LogP contribution >= 0.6 is 0 Å². The van der Waals surface area contributed by atoms with Gasteiger partial charge in [0.2, 0.25) is 0 Å². The second-order valence-electron chi connectivity index (χ2n) is 21.1. The molecule has 3 nitrogen and oxygen atoms in total. The Labute approximate surface area is 404 Å². The van der Waals surface area contributed by atoms with E-state index >= 15 is 0 Å². The third-order valence-electron chi connectivity index (χ3n) is 17.5. The van der Waals surface area contributed by atoms with Crippen molar-refractivity contribution in [2.45, 2.75) is 106 Å². The summed E-state index contributed by atoms with van der Waals surface area (Å²) >= 11 is 0. The summed E-state index contributed by atoms with van der Waals surface area (Å²) in [7, 11) is 0. The monoisotopic (exact) mass is 886 g/mol. The smallest absolute Gasteiger partial charge is 0.0698 e. The molecule has 0 radical (unpaired) electrons. The normalized spacial score (nSPS) is 28.1. The number of rotatable bonds is 6. The summed E-state index contributed by atoms with van der Waals surface area (Å²) in [6, 6.07) is 42.3. The first kappa shape index (κ1) is 41.6. The van der Waals surface area contributed by atoms with Gasteiger partial charge in [-0.15, -0.1) is 0 Å². The Morgan fingerprint density at radius 1 is 0.676 bits per heavy atom. The van der Waals surface area contributed by atoms with Crippen molar-refractivity contribution in [2.24, 2.45) is 11.8 Å². The minimum atomic E-state index is -0.334. The summed E-state index contributed by atoms with van der Waals surface area (Å²) in [5.74, 6) is 0.542. The quantitative estimate of drug-likeness (QED) is 0.195. The van der Waals surface area contributed by atoms with Gasteiger partial charge >= 0.3 is 0 Å². The van der Waals surface area contributed by atoms with Crippen molar-refractivity contribution in [3.05, 3.63) is 262 Å². The zero-order chi connectivity index (χ0) is 45.5. The number of hydrogen-bond donors (Lipinski definition) is 1. The average molecular weight is 886 g/mol. The highest BCUT2D eigenvalue weighted by Crippen LogP contribution is 2.62. The Balaban J connectivity index is 0.935. The molecular weight excluding hydrogens is 823 g/mol. The second kappa shape index (κ2) is 16.3. The second-order valence-corrected chi connectivity index (χ2v) is 21.1. The lowest BCUT2D eigenvalue weighted by Crippen LogP contribution is -2.52. The number of nitrogens with one attached hydrogen (secondary N) is 1. The minimum Gasteiger partial charge on any atom is -0.378 e. The molecule has 68 heavy (non-hydrogen) atoms. The molecule has 0 saturated carbocycles. The van der Waals surface area contributed by atoms with Gasteiger partial charge in [0.1, 0.15) is 0 Å². The lowest BCUT2D eigenvalue weighted by Gasteiger charge is -2.56. The summed E-state index contributed by atoms with van der Waals surface area (Å²) in [4.78, 5) is 5.49. The summed E-state index contributed by atoms with van der Waals surface area (Å²) in [5, 5.41) is 4.10. The maximum Gasteiger partial charge on any atom is 0.0698 e. The van der Waals surface area contributed by atoms with Gasteiger partial charge < -0.3 is 15.1 Å². The average Bonchev–Trinajstić information content (AvgIpc) is 3.40. The lowest BCUT2D eigenvalue weighted by molar-refractivity contribution is 0.283. The van der Waals surface area contributed by atoms with Crippen LogP contribution in [-0.2, 0) is 16.2 Å². The van der Waals surface area contributed by atoms with Gasteiger partial charge in [-0.3, -0.25) is 0 Å². The van der Waals surface area contributed by atoms with Crippen LogP contribution in [0.5, 0.6) is 0 Å². The van der Waals surface area contributed by atoms with E-state index in [1.54, 1.807) is 11.1 Å². The van der Waals surface area contributed by atoms with Gasteiger partial charge in [-0.2, -0.15) is 0 Å². The molecule has 6 aliphatic carbocycles. The summed E-state index contributed by atoms with van der Waals surface area (Å²) in [5.41, 5.74) is 19.2. The third-order valence-corrected chi connectivity index (χ3v) is 17.5. The summed E-state index contributed by atoms with van der Waals surface area (Å²) < 4.78 is 0. The van der Waals surface area contributed by atoms with E-state index in [2.05, 4.69) is 223 Å². The molecule has 5 atom stereocenters. The van der Waals surface area contributed by atoms with Crippen molar-refractivity contribution < 1.29 is 0 Å². The highest BCUT2D eigenvalue weighted by molar-refractivity contribution is 5.75. The van der Waals surface area contributed by atoms with E-state index < -0.39 is 0 Å². The van der Waals surface area contributed by atoms with Crippen molar-refractivity contribution in [3.63, 3.8) is 0 Å². The molecule has 5 unspecified atom stereocenters. The summed E-state index contributed by atoms with van der Waals surface area (Å²) in [6.07, 6.45) is 45.2. The highest BCUT2D eigenvalue weighted by Gasteiger charge is 2.55. The number of hydrogen-bond acceptors (Lipinski definition) is 3. The van der Waals surface area contributed by atoms with Gasteiger partial charge in [0.05, 0.1) is 17.5 Å².